The number of hydrogen-bond acceptors (Lipinski definition) is 12. The Morgan fingerprint density at radius 1 is 0.436 bits per heavy atom. The quantitative estimate of drug-likeness (QED) is 0.0235. The van der Waals surface area contributed by atoms with E-state index in [9.17, 15) is 24.0 Å². The SMILES string of the molecule is COc1ccc(C(SC[C@H](NC(C)=O)C(=O)NCCOCCN)(c2ccccc2)c2ccccc2)cc1.COc1ccc(C(SC[C@H](NC(C)=O)C(=O)NCCOCCNC(C)=O)(c2ccccc2)c2ccccc2)cc1.O. The largest absolute Gasteiger partial charge is 0.497 e. The van der Waals surface area contributed by atoms with E-state index in [1.165, 1.54) is 20.8 Å². The summed E-state index contributed by atoms with van der Waals surface area (Å²) in [5.41, 5.74) is 11.7. The van der Waals surface area contributed by atoms with Crippen molar-refractivity contribution < 1.29 is 48.4 Å². The lowest BCUT2D eigenvalue weighted by atomic mass is 9.84. The molecule has 5 amide bonds. The number of methoxy groups -OCH3 is 2. The summed E-state index contributed by atoms with van der Waals surface area (Å²) in [7, 11) is 3.28. The molecule has 0 radical (unpaired) electrons. The van der Waals surface area contributed by atoms with Crippen molar-refractivity contribution in [3.63, 3.8) is 0 Å². The Labute approximate surface area is 467 Å². The van der Waals surface area contributed by atoms with Gasteiger partial charge in [0.2, 0.25) is 29.5 Å². The zero-order chi connectivity index (χ0) is 55.3. The zero-order valence-corrected chi connectivity index (χ0v) is 46.6. The standard InChI is InChI=1S/C31H37N3O5S.C29H35N3O4S.H2O/c1-23(35)32-18-20-39-21-19-33-30(37)29(34-24(2)36)22-40-31(25-10-6-4-7-11-25,26-12-8-5-9-13-26)27-14-16-28(38-3)17-15-27;1-22(33)32-27(28(34)31-18-20-36-19-17-30)21-37-29(23-9-5-3-6-10-23,24-11-7-4-8-12-24)25-13-15-26(35-2)16-14-25;/h4-17,29H,18-22H2,1-3H3,(H,32,35)(H,33,37)(H,34,36);3-16,27H,17-21,30H2,1-2H3,(H,31,34)(H,32,33);1H2/t29-;27-;/m00./s1. The van der Waals surface area contributed by atoms with Crippen molar-refractivity contribution in [1.29, 1.82) is 0 Å². The maximum absolute atomic E-state index is 13.2. The van der Waals surface area contributed by atoms with Gasteiger partial charge in [0.15, 0.2) is 0 Å². The van der Waals surface area contributed by atoms with E-state index in [1.807, 2.05) is 121 Å². The van der Waals surface area contributed by atoms with E-state index in [0.29, 0.717) is 51.0 Å². The molecule has 0 spiro atoms. The Hall–Kier alpha value is -7.19. The molecule has 0 aliphatic carbocycles. The molecule has 78 heavy (non-hydrogen) atoms. The molecule has 16 nitrogen and oxygen atoms in total. The van der Waals surface area contributed by atoms with Gasteiger partial charge in [-0.25, -0.2) is 0 Å². The molecule has 0 aromatic heterocycles. The average molecular weight is 1100 g/mol. The van der Waals surface area contributed by atoms with Gasteiger partial charge in [-0.1, -0.05) is 146 Å². The van der Waals surface area contributed by atoms with Crippen LogP contribution in [0, 0.1) is 0 Å². The van der Waals surface area contributed by atoms with Crippen LogP contribution in [-0.4, -0.2) is 125 Å². The van der Waals surface area contributed by atoms with Gasteiger partial charge in [-0.15, -0.1) is 23.5 Å². The molecule has 0 saturated heterocycles. The van der Waals surface area contributed by atoms with E-state index in [0.717, 1.165) is 44.9 Å². The normalized spacial score (nSPS) is 11.7. The monoisotopic (exact) mass is 1100 g/mol. The summed E-state index contributed by atoms with van der Waals surface area (Å²) in [4.78, 5) is 61.4. The molecule has 9 N–H and O–H groups in total. The molecule has 0 aliphatic heterocycles. The van der Waals surface area contributed by atoms with Crippen molar-refractivity contribution in [2.24, 2.45) is 5.73 Å². The van der Waals surface area contributed by atoms with E-state index in [4.69, 9.17) is 24.7 Å². The highest BCUT2D eigenvalue weighted by atomic mass is 32.2. The third-order valence-electron chi connectivity index (χ3n) is 12.0. The minimum atomic E-state index is -0.771. The van der Waals surface area contributed by atoms with E-state index in [1.54, 1.807) is 37.7 Å². The fraction of sp³-hybridized carbons (Fsp3) is 0.317. The van der Waals surface area contributed by atoms with Crippen molar-refractivity contribution >= 4 is 53.1 Å². The van der Waals surface area contributed by atoms with E-state index in [-0.39, 0.29) is 48.2 Å². The van der Waals surface area contributed by atoms with Gasteiger partial charge in [-0.2, -0.15) is 0 Å². The summed E-state index contributed by atoms with van der Waals surface area (Å²) < 4.78 is 20.3. The molecule has 6 aromatic carbocycles. The molecule has 0 unspecified atom stereocenters. The topological polar surface area (TPSA) is 240 Å². The van der Waals surface area contributed by atoms with Crippen LogP contribution in [0.5, 0.6) is 11.5 Å². The molecular formula is C60H74N6O10S2. The van der Waals surface area contributed by atoms with Crippen LogP contribution in [0.4, 0.5) is 0 Å². The molecule has 0 bridgehead atoms. The number of thioether (sulfide) groups is 2. The molecule has 0 saturated carbocycles. The van der Waals surface area contributed by atoms with Crippen molar-refractivity contribution in [3.8, 4) is 11.5 Å². The van der Waals surface area contributed by atoms with Gasteiger partial charge in [-0.3, -0.25) is 24.0 Å². The number of amides is 5. The summed E-state index contributed by atoms with van der Waals surface area (Å²) in [5, 5.41) is 14.0. The smallest absolute Gasteiger partial charge is 0.243 e. The second-order valence-electron chi connectivity index (χ2n) is 17.5. The molecular weight excluding hydrogens is 1030 g/mol. The van der Waals surface area contributed by atoms with Crippen molar-refractivity contribution in [2.45, 2.75) is 42.3 Å². The maximum atomic E-state index is 13.2. The Morgan fingerprint density at radius 3 is 1.01 bits per heavy atom. The van der Waals surface area contributed by atoms with E-state index < -0.39 is 21.6 Å². The lowest BCUT2D eigenvalue weighted by molar-refractivity contribution is -0.127. The first-order valence-electron chi connectivity index (χ1n) is 25.4. The zero-order valence-electron chi connectivity index (χ0n) is 45.0. The van der Waals surface area contributed by atoms with E-state index >= 15 is 0 Å². The van der Waals surface area contributed by atoms with Crippen LogP contribution in [0.15, 0.2) is 170 Å². The molecule has 2 atom stereocenters. The summed E-state index contributed by atoms with van der Waals surface area (Å²) in [6.07, 6.45) is 0. The minimum Gasteiger partial charge on any atom is -0.497 e. The highest BCUT2D eigenvalue weighted by Crippen LogP contribution is 2.50. The first kappa shape index (κ1) is 63.3. The van der Waals surface area contributed by atoms with E-state index in [2.05, 4.69) is 75.1 Å². The fourth-order valence-electron chi connectivity index (χ4n) is 8.44. The number of nitrogens with two attached hydrogens (primary N) is 1. The molecule has 0 fully saturated rings. The van der Waals surface area contributed by atoms with Gasteiger partial charge in [0.05, 0.1) is 50.1 Å². The Bertz CT molecular complexity index is 2630. The van der Waals surface area contributed by atoms with Crippen LogP contribution in [0.1, 0.15) is 54.2 Å². The molecule has 6 rings (SSSR count). The number of ether oxygens (including phenoxy) is 4. The second kappa shape index (κ2) is 33.9. The summed E-state index contributed by atoms with van der Waals surface area (Å²) in [6, 6.07) is 55.1. The molecule has 416 valence electrons. The maximum Gasteiger partial charge on any atom is 0.243 e. The summed E-state index contributed by atoms with van der Waals surface area (Å²) in [6.45, 7) is 7.12. The van der Waals surface area contributed by atoms with Crippen LogP contribution in [0.3, 0.4) is 0 Å². The Morgan fingerprint density at radius 2 is 0.731 bits per heavy atom. The van der Waals surface area contributed by atoms with Gasteiger partial charge in [0.1, 0.15) is 23.6 Å². The van der Waals surface area contributed by atoms with Gasteiger partial charge in [-0.05, 0) is 57.6 Å². The van der Waals surface area contributed by atoms with Crippen LogP contribution < -0.4 is 41.8 Å². The average Bonchev–Trinajstić information content (AvgIpc) is 3.46. The number of rotatable bonds is 29. The third kappa shape index (κ3) is 18.8. The van der Waals surface area contributed by atoms with Crippen LogP contribution >= 0.6 is 23.5 Å². The number of carbonyl (C=O) groups is 5. The molecule has 18 heteroatoms. The lowest BCUT2D eigenvalue weighted by Gasteiger charge is -2.36. The van der Waals surface area contributed by atoms with Crippen LogP contribution in [-0.2, 0) is 42.9 Å². The lowest BCUT2D eigenvalue weighted by Crippen LogP contribution is -2.49. The summed E-state index contributed by atoms with van der Waals surface area (Å²) in [5.74, 6) is 0.923. The first-order valence-corrected chi connectivity index (χ1v) is 27.3. The minimum absolute atomic E-state index is 0. The second-order valence-corrected chi connectivity index (χ2v) is 20.0. The van der Waals surface area contributed by atoms with Crippen molar-refractivity contribution in [3.05, 3.63) is 203 Å². The Balaban J connectivity index is 0.000000333. The van der Waals surface area contributed by atoms with Crippen molar-refractivity contribution in [2.75, 3.05) is 78.3 Å². The number of benzene rings is 6. The van der Waals surface area contributed by atoms with Gasteiger partial charge >= 0.3 is 0 Å². The van der Waals surface area contributed by atoms with Gasteiger partial charge in [0, 0.05) is 58.5 Å². The third-order valence-corrected chi connectivity index (χ3v) is 15.3. The number of carbonyl (C=O) groups excluding carboxylic acids is 5. The molecule has 6 aromatic rings. The van der Waals surface area contributed by atoms with Crippen LogP contribution in [0.2, 0.25) is 0 Å². The highest BCUT2D eigenvalue weighted by molar-refractivity contribution is 8.01. The number of hydrogen-bond donors (Lipinski definition) is 6. The van der Waals surface area contributed by atoms with Gasteiger partial charge < -0.3 is 56.7 Å². The number of nitrogens with one attached hydrogen (secondary N) is 5. The van der Waals surface area contributed by atoms with Crippen molar-refractivity contribution in [1.82, 2.24) is 26.6 Å². The Kier molecular flexibility index (Phi) is 27.5. The predicted octanol–water partition coefficient (Wildman–Crippen LogP) is 5.99. The highest BCUT2D eigenvalue weighted by Gasteiger charge is 2.40. The molecule has 0 aliphatic rings. The van der Waals surface area contributed by atoms with Gasteiger partial charge in [0.25, 0.3) is 0 Å². The fourth-order valence-corrected chi connectivity index (χ4v) is 11.6. The molecule has 0 heterocycles. The predicted molar refractivity (Wildman–Crippen MR) is 311 cm³/mol. The van der Waals surface area contributed by atoms with Crippen LogP contribution in [0.25, 0.3) is 0 Å². The summed E-state index contributed by atoms with van der Waals surface area (Å²) >= 11 is 3.19. The first-order chi connectivity index (χ1) is 37.4.